The molecule has 0 spiro atoms. The van der Waals surface area contributed by atoms with Crippen LogP contribution in [0.5, 0.6) is 0 Å². The summed E-state index contributed by atoms with van der Waals surface area (Å²) >= 11 is 6.16. The molecule has 8 heterocycles. The lowest BCUT2D eigenvalue weighted by Gasteiger charge is -2.13. The summed E-state index contributed by atoms with van der Waals surface area (Å²) < 4.78 is 7.27. The Morgan fingerprint density at radius 2 is 0.694 bits per heavy atom. The van der Waals surface area contributed by atoms with Crippen molar-refractivity contribution in [2.75, 3.05) is 0 Å². The predicted molar refractivity (Wildman–Crippen MR) is 354 cm³/mol. The van der Waals surface area contributed by atoms with Crippen molar-refractivity contribution in [1.82, 2.24) is 38.3 Å². The van der Waals surface area contributed by atoms with Gasteiger partial charge < -0.3 is 13.8 Å². The van der Waals surface area contributed by atoms with Gasteiger partial charge in [0.15, 0.2) is 11.6 Å². The van der Waals surface area contributed by atoms with Gasteiger partial charge in [-0.2, -0.15) is 0 Å². The highest BCUT2D eigenvalue weighted by Crippen LogP contribution is 2.48. The Hall–Kier alpha value is -11.2. The largest absolute Gasteiger partial charge is 0.354 e. The summed E-state index contributed by atoms with van der Waals surface area (Å²) in [6, 6.07) is 93.4. The summed E-state index contributed by atoms with van der Waals surface area (Å²) in [6.07, 6.45) is 0. The van der Waals surface area contributed by atoms with E-state index in [0.717, 1.165) is 50.1 Å². The van der Waals surface area contributed by atoms with Gasteiger partial charge in [0.2, 0.25) is 0 Å². The van der Waals surface area contributed by atoms with E-state index in [9.17, 15) is 0 Å². The molecule has 1 N–H and O–H groups in total. The molecule has 0 saturated carbocycles. The van der Waals surface area contributed by atoms with Crippen LogP contribution in [-0.2, 0) is 0 Å². The van der Waals surface area contributed by atoms with Gasteiger partial charge in [0, 0.05) is 92.1 Å². The Bertz CT molecular complexity index is 6060. The zero-order valence-corrected chi connectivity index (χ0v) is 46.2. The predicted octanol–water partition coefficient (Wildman–Crippen LogP) is 20.0. The molecule has 0 atom stereocenters. The summed E-state index contributed by atoms with van der Waals surface area (Å²) in [5, 5.41) is 17.8. The molecular weight excluding hydrogens is 1060 g/mol. The minimum absolute atomic E-state index is 0.495. The minimum atomic E-state index is 0.495. The zero-order valence-electron chi connectivity index (χ0n) is 45.4. The molecule has 0 unspecified atom stereocenters. The van der Waals surface area contributed by atoms with Crippen molar-refractivity contribution in [3.05, 3.63) is 272 Å². The minimum Gasteiger partial charge on any atom is -0.354 e. The topological polar surface area (TPSA) is 81.1 Å². The Morgan fingerprint density at radius 3 is 1.29 bits per heavy atom. The molecule has 9 heteroatoms. The van der Waals surface area contributed by atoms with Gasteiger partial charge in [0.25, 0.3) is 0 Å². The first-order chi connectivity index (χ1) is 42.1. The monoisotopic (exact) mass is 1100 g/mol. The van der Waals surface area contributed by atoms with E-state index in [0.29, 0.717) is 11.0 Å². The van der Waals surface area contributed by atoms with Crippen molar-refractivity contribution in [3.63, 3.8) is 0 Å². The van der Waals surface area contributed by atoms with E-state index in [1.54, 1.807) is 0 Å². The molecule has 85 heavy (non-hydrogen) atoms. The SMILES string of the molecule is Clc1nc(-c2ccccc2)nc2ccccc12.c1ccc(-c2nc(-n3c4ccccc4c4cc5c6ccccc6n6c7ccccc7c(c43)c56)c3ccccc3n2)cc1.c1ccc2c(c1)[nH]c1c2cc2c3ccccc3n3c4ccccc4c1c23. The van der Waals surface area contributed by atoms with E-state index >= 15 is 0 Å². The highest BCUT2D eigenvalue weighted by molar-refractivity contribution is 6.36. The van der Waals surface area contributed by atoms with E-state index in [-0.39, 0.29) is 0 Å². The third-order valence-corrected chi connectivity index (χ3v) is 17.6. The first-order valence-corrected chi connectivity index (χ1v) is 29.0. The fourth-order valence-corrected chi connectivity index (χ4v) is 13.9. The fourth-order valence-electron chi connectivity index (χ4n) is 13.7. The second-order valence-corrected chi connectivity index (χ2v) is 22.2. The quantitative estimate of drug-likeness (QED) is 0.179. The number of aromatic nitrogens is 8. The van der Waals surface area contributed by atoms with Gasteiger partial charge in [-0.1, -0.05) is 206 Å². The van der Waals surface area contributed by atoms with Crippen molar-refractivity contribution < 1.29 is 0 Å². The van der Waals surface area contributed by atoms with Crippen LogP contribution in [0, 0.1) is 0 Å². The third-order valence-electron chi connectivity index (χ3n) is 17.3. The molecule has 20 rings (SSSR count). The van der Waals surface area contributed by atoms with Crippen LogP contribution < -0.4 is 0 Å². The average molecular weight is 1110 g/mol. The van der Waals surface area contributed by atoms with Gasteiger partial charge in [-0.05, 0) is 72.8 Å². The molecule has 0 bridgehead atoms. The Kier molecular flexibility index (Phi) is 10.3. The maximum Gasteiger partial charge on any atom is 0.162 e. The van der Waals surface area contributed by atoms with Crippen LogP contribution in [0.1, 0.15) is 0 Å². The molecule has 0 fully saturated rings. The fraction of sp³-hybridized carbons (Fsp3) is 0. The van der Waals surface area contributed by atoms with Crippen LogP contribution in [0.2, 0.25) is 5.15 Å². The van der Waals surface area contributed by atoms with Crippen LogP contribution >= 0.6 is 11.6 Å². The number of fused-ring (bicyclic) bond motifs is 22. The average Bonchev–Trinajstić information content (AvgIpc) is 1.58. The van der Waals surface area contributed by atoms with Crippen LogP contribution in [0.15, 0.2) is 267 Å². The molecule has 396 valence electrons. The van der Waals surface area contributed by atoms with Crippen molar-refractivity contribution in [2.45, 2.75) is 0 Å². The summed E-state index contributed by atoms with van der Waals surface area (Å²) in [5.41, 5.74) is 16.1. The lowest BCUT2D eigenvalue weighted by Crippen LogP contribution is -2.02. The number of aromatic amines is 1. The molecule has 0 aliphatic rings. The van der Waals surface area contributed by atoms with Crippen molar-refractivity contribution in [1.29, 1.82) is 0 Å². The molecule has 20 aromatic rings. The molecule has 0 amide bonds. The highest BCUT2D eigenvalue weighted by Gasteiger charge is 2.26. The third kappa shape index (κ3) is 6.97. The number of nitrogens with zero attached hydrogens (tertiary/aromatic N) is 7. The van der Waals surface area contributed by atoms with E-state index in [1.165, 1.54) is 114 Å². The number of nitrogens with one attached hydrogen (secondary N) is 1. The zero-order chi connectivity index (χ0) is 55.9. The number of hydrogen-bond acceptors (Lipinski definition) is 4. The van der Waals surface area contributed by atoms with Gasteiger partial charge in [0.1, 0.15) is 11.0 Å². The molecule has 0 saturated heterocycles. The van der Waals surface area contributed by atoms with Gasteiger partial charge in [-0.15, -0.1) is 0 Å². The number of para-hydroxylation sites is 8. The van der Waals surface area contributed by atoms with E-state index in [4.69, 9.17) is 21.6 Å². The maximum absolute atomic E-state index is 6.16. The lowest BCUT2D eigenvalue weighted by molar-refractivity contribution is 1.08. The smallest absolute Gasteiger partial charge is 0.162 e. The van der Waals surface area contributed by atoms with Crippen molar-refractivity contribution >= 4 is 153 Å². The van der Waals surface area contributed by atoms with Gasteiger partial charge in [0.05, 0.1) is 60.7 Å². The van der Waals surface area contributed by atoms with Crippen LogP contribution in [0.25, 0.3) is 170 Å². The van der Waals surface area contributed by atoms with E-state index in [2.05, 4.69) is 222 Å². The van der Waals surface area contributed by atoms with Gasteiger partial charge >= 0.3 is 0 Å². The van der Waals surface area contributed by atoms with Crippen LogP contribution in [-0.4, -0.2) is 38.3 Å². The van der Waals surface area contributed by atoms with E-state index < -0.39 is 0 Å². The highest BCUT2D eigenvalue weighted by atomic mass is 35.5. The number of rotatable bonds is 3. The lowest BCUT2D eigenvalue weighted by atomic mass is 10.0. The number of halogens is 1. The summed E-state index contributed by atoms with van der Waals surface area (Å²) in [6.45, 7) is 0. The summed E-state index contributed by atoms with van der Waals surface area (Å²) in [7, 11) is 0. The summed E-state index contributed by atoms with van der Waals surface area (Å²) in [5.74, 6) is 2.28. The Labute approximate surface area is 489 Å². The number of H-pyrrole nitrogens is 1. The van der Waals surface area contributed by atoms with Crippen LogP contribution in [0.4, 0.5) is 0 Å². The van der Waals surface area contributed by atoms with Crippen molar-refractivity contribution in [2.24, 2.45) is 0 Å². The molecule has 0 radical (unpaired) electrons. The number of benzene rings is 12. The normalized spacial score (nSPS) is 12.1. The van der Waals surface area contributed by atoms with Crippen molar-refractivity contribution in [3.8, 4) is 28.6 Å². The second-order valence-electron chi connectivity index (χ2n) is 21.9. The first kappa shape index (κ1) is 47.4. The molecule has 0 aliphatic heterocycles. The molecular formula is C76H45ClN8. The van der Waals surface area contributed by atoms with Gasteiger partial charge in [-0.3, -0.25) is 4.57 Å². The van der Waals surface area contributed by atoms with Crippen LogP contribution in [0.3, 0.4) is 0 Å². The van der Waals surface area contributed by atoms with E-state index in [1.807, 2.05) is 72.8 Å². The molecule has 12 aromatic carbocycles. The maximum atomic E-state index is 6.16. The Morgan fingerprint density at radius 1 is 0.294 bits per heavy atom. The standard InChI is InChI=1S/C38H22N4.C24H14N2.C14H9ClN2/c1-2-12-23(13-3-1)37-39-30-18-8-4-16-26(30)38(40-37)42-32-20-10-6-15-25(32)29-22-28-24-14-5-9-19-31(24)41-33-21-11-7-17-27(33)34(35(28)41)36(29)42;1-4-10-19-14(7-1)17-13-18-15-8-2-5-11-20(15)26-21-12-6-3-9-16(21)22(24(18)26)23(17)25-19;15-13-11-8-4-5-9-12(11)16-14(17-13)10-6-2-1-3-7-10/h1-22H;1-13,25H;1-9H. The molecule has 8 aromatic heterocycles. The summed E-state index contributed by atoms with van der Waals surface area (Å²) in [4.78, 5) is 22.9. The molecule has 0 aliphatic carbocycles. The molecule has 8 nitrogen and oxygen atoms in total. The number of hydrogen-bond donors (Lipinski definition) is 1. The second kappa shape index (κ2) is 18.4. The first-order valence-electron chi connectivity index (χ1n) is 28.6. The Balaban J connectivity index is 0.000000108. The van der Waals surface area contributed by atoms with Gasteiger partial charge in [-0.25, -0.2) is 19.9 Å².